The van der Waals surface area contributed by atoms with Crippen LogP contribution in [0.1, 0.15) is 138 Å². The average Bonchev–Trinajstić information content (AvgIpc) is 1.48. The third-order valence-corrected chi connectivity index (χ3v) is 27.3. The van der Waals surface area contributed by atoms with Gasteiger partial charge in [-0.05, 0) is 177 Å². The Morgan fingerprint density at radius 1 is 0.776 bits per heavy atom. The fourth-order valence-electron chi connectivity index (χ4n) is 15.7. The Labute approximate surface area is 639 Å². The molecule has 20 nitrogen and oxygen atoms in total. The fourth-order valence-corrected chi connectivity index (χ4v) is 19.6. The Morgan fingerprint density at radius 2 is 1.45 bits per heavy atom. The number of aliphatic hydroxyl groups excluding tert-OH is 1. The Morgan fingerprint density at radius 3 is 2.09 bits per heavy atom. The molecule has 2 unspecified atom stereocenters. The van der Waals surface area contributed by atoms with Gasteiger partial charge in [0.15, 0.2) is 0 Å². The van der Waals surface area contributed by atoms with Gasteiger partial charge in [0.25, 0.3) is 25.8 Å². The molecule has 2 aliphatic carbocycles. The van der Waals surface area contributed by atoms with Gasteiger partial charge in [0, 0.05) is 124 Å². The summed E-state index contributed by atoms with van der Waals surface area (Å²) in [6.07, 6.45) is 7.39. The van der Waals surface area contributed by atoms with Gasteiger partial charge in [-0.3, -0.25) is 28.9 Å². The van der Waals surface area contributed by atoms with E-state index in [0.29, 0.717) is 74.9 Å². The predicted molar refractivity (Wildman–Crippen MR) is 412 cm³/mol. The van der Waals surface area contributed by atoms with E-state index >= 15 is 0 Å². The summed E-state index contributed by atoms with van der Waals surface area (Å²) in [4.78, 5) is 83.2. The third kappa shape index (κ3) is 19.4. The number of carbonyl (C=O) groups is 5. The van der Waals surface area contributed by atoms with Crippen LogP contribution < -0.4 is 25.6 Å². The first-order valence-corrected chi connectivity index (χ1v) is 42.2. The molecule has 1 aromatic heterocycles. The minimum absolute atomic E-state index is 0.00681. The number of aryl methyl sites for hydroxylation is 1. The average molecular weight is 1570 g/mol. The van der Waals surface area contributed by atoms with E-state index in [1.165, 1.54) is 64.8 Å². The zero-order chi connectivity index (χ0) is 76.2. The van der Waals surface area contributed by atoms with Crippen molar-refractivity contribution >= 4 is 101 Å². The zero-order valence-electron chi connectivity index (χ0n) is 61.1. The number of carbonyl (C=O) groups excluding carboxylic acids is 5. The van der Waals surface area contributed by atoms with Crippen molar-refractivity contribution in [3.8, 4) is 10.4 Å². The van der Waals surface area contributed by atoms with Crippen molar-refractivity contribution in [1.29, 1.82) is 0 Å². The van der Waals surface area contributed by atoms with Crippen molar-refractivity contribution in [2.75, 3.05) is 88.0 Å². The number of hydrogen-bond acceptors (Lipinski definition) is 17. The number of thioether (sulfide) groups is 1. The highest BCUT2D eigenvalue weighted by Crippen LogP contribution is 2.59. The van der Waals surface area contributed by atoms with Gasteiger partial charge in [-0.25, -0.2) is 26.5 Å². The lowest BCUT2D eigenvalue weighted by atomic mass is 9.79. The van der Waals surface area contributed by atoms with Crippen molar-refractivity contribution in [3.63, 3.8) is 0 Å². The summed E-state index contributed by atoms with van der Waals surface area (Å²) >= 11 is 9.21. The summed E-state index contributed by atoms with van der Waals surface area (Å²) in [6, 6.07) is 31.1. The van der Waals surface area contributed by atoms with Crippen LogP contribution in [0.3, 0.4) is 0 Å². The molecule has 574 valence electrons. The quantitative estimate of drug-likeness (QED) is 0.0226. The fraction of sp³-hybridized carbons (Fsp3) is 0.494. The number of alkyl halides is 3. The van der Waals surface area contributed by atoms with Crippen LogP contribution in [0.5, 0.6) is 0 Å². The number of aromatic nitrogens is 1. The summed E-state index contributed by atoms with van der Waals surface area (Å²) in [5, 5.41) is 20.5. The molecular weight excluding hydrogens is 1470 g/mol. The number of likely N-dealkylation sites (tertiary alicyclic amines) is 3. The number of halogens is 4. The molecule has 4 saturated heterocycles. The molecule has 107 heavy (non-hydrogen) atoms. The molecule has 0 bridgehead atoms. The van der Waals surface area contributed by atoms with Crippen LogP contribution in [0, 0.1) is 29.6 Å². The van der Waals surface area contributed by atoms with Crippen molar-refractivity contribution < 1.29 is 59.1 Å². The number of fused-ring (bicyclic) bond motifs is 1. The van der Waals surface area contributed by atoms with Gasteiger partial charge in [0.2, 0.25) is 23.6 Å². The van der Waals surface area contributed by atoms with E-state index in [0.717, 1.165) is 90.0 Å². The van der Waals surface area contributed by atoms with Crippen molar-refractivity contribution in [2.45, 2.75) is 162 Å². The molecule has 1 spiro atoms. The number of hydrogen-bond donors (Lipinski definition) is 5. The van der Waals surface area contributed by atoms with Crippen LogP contribution >= 0.6 is 34.7 Å². The van der Waals surface area contributed by atoms with Crippen LogP contribution in [0.2, 0.25) is 5.02 Å². The Kier molecular flexibility index (Phi) is 24.8. The zero-order valence-corrected chi connectivity index (χ0v) is 65.1. The molecule has 1 saturated carbocycles. The molecule has 5 N–H and O–H groups in total. The highest BCUT2D eigenvalue weighted by molar-refractivity contribution is 7.99. The summed E-state index contributed by atoms with van der Waals surface area (Å²) < 4.78 is 101. The standard InChI is InChI=1S/C79H96ClF3N10O10S4/c1-51(53-16-18-55(19-17-53)72-52(2)84-50-105-72)85-75(98)68-40-63(94)48-93(68)76(99)73(77(3,4)5)87-70(95)14-10-7-11-15-71(96)92-46-58-44-90(45-59(58)47-92)35-31-61(49-104-64-12-8-6-9-13-64)86-67-29-28-65(41-69(67)106(100,101)79(81,82)83)107(102,103)88-74(97)56-22-26-62(27-23-56)91-38-36-89(37-39-91)43-57-42-78(33-34-78)32-30-66(57)54-20-24-60(80)25-21-54/h6,8-9,12-13,16-29,41,50-51,58-59,61,63,68,73,86,94H,7,10-11,14-15,30-40,42-49H2,1-5H3,(H,85,98)(H,87,95)(H,88,97)/t51-,58?,59?,61+,63+,68-,73+/m0/s1. The third-order valence-electron chi connectivity index (χ3n) is 22.1. The first kappa shape index (κ1) is 79.2. The number of thiazole rings is 1. The van der Waals surface area contributed by atoms with Gasteiger partial charge in [-0.2, -0.15) is 13.2 Å². The normalized spacial score (nSPS) is 20.7. The number of piperazine rings is 1. The summed E-state index contributed by atoms with van der Waals surface area (Å²) in [5.74, 6) is -1.63. The SMILES string of the molecule is Cc1ncsc1-c1ccc([C@H](C)NC(=O)[C@@H]2C[C@@H](O)CN2C(=O)[C@@H](NC(=O)CCCCCC(=O)N2CC3CN(CC[C@H](CSc4ccccc4)Nc4ccc(S(=O)(=O)NC(=O)c5ccc(N6CCN(CC7=C(c8ccc(Cl)cc8)CCC8(CC8)C7)CC6)cc5)cc4S(=O)(=O)C(F)(F)F)CC3C2)C(C)(C)C)cc1. The van der Waals surface area contributed by atoms with Crippen LogP contribution in [-0.2, 0) is 39.0 Å². The smallest absolute Gasteiger partial charge is 0.391 e. The number of anilines is 2. The second-order valence-electron chi connectivity index (χ2n) is 30.9. The number of allylic oxidation sites excluding steroid dienone is 1. The van der Waals surface area contributed by atoms with E-state index in [-0.39, 0.29) is 60.8 Å². The van der Waals surface area contributed by atoms with E-state index < -0.39 is 94.3 Å². The molecule has 6 aliphatic rings. The number of rotatable bonds is 28. The van der Waals surface area contributed by atoms with E-state index in [9.17, 15) is 59.1 Å². The summed E-state index contributed by atoms with van der Waals surface area (Å²) in [7, 11) is -11.1. The molecule has 5 heterocycles. The number of aliphatic hydroxyl groups is 1. The van der Waals surface area contributed by atoms with Crippen LogP contribution in [0.25, 0.3) is 16.0 Å². The van der Waals surface area contributed by atoms with Gasteiger partial charge in [0.1, 0.15) is 17.0 Å². The van der Waals surface area contributed by atoms with Gasteiger partial charge in [0.05, 0.1) is 38.8 Å². The molecular formula is C79H96ClF3N10O10S4. The van der Waals surface area contributed by atoms with Crippen molar-refractivity contribution in [3.05, 3.63) is 160 Å². The Hall–Kier alpha value is -7.37. The molecule has 6 aromatic rings. The van der Waals surface area contributed by atoms with Gasteiger partial charge in [-0.15, -0.1) is 23.1 Å². The maximum absolute atomic E-state index is 14.6. The maximum atomic E-state index is 14.6. The van der Waals surface area contributed by atoms with Crippen molar-refractivity contribution in [1.82, 2.24) is 39.9 Å². The summed E-state index contributed by atoms with van der Waals surface area (Å²) in [5.41, 5.74) is 2.99. The molecule has 0 radical (unpaired) electrons. The minimum Gasteiger partial charge on any atom is -0.391 e. The first-order chi connectivity index (χ1) is 50.9. The van der Waals surface area contributed by atoms with Gasteiger partial charge < -0.3 is 40.7 Å². The number of β-amino-alcohol motifs (C(OH)–C–C–N with tert-alkyl or cyclic N) is 1. The lowest BCUT2D eigenvalue weighted by molar-refractivity contribution is -0.144. The number of unbranched alkanes of at least 4 members (excludes halogenated alkanes) is 2. The number of nitrogens with zero attached hydrogens (tertiary/aromatic N) is 6. The van der Waals surface area contributed by atoms with E-state index in [1.54, 1.807) is 29.0 Å². The number of nitrogens with one attached hydrogen (secondary N) is 4. The van der Waals surface area contributed by atoms with E-state index in [2.05, 4.69) is 47.8 Å². The van der Waals surface area contributed by atoms with Crippen molar-refractivity contribution in [2.24, 2.45) is 22.7 Å². The number of sulfone groups is 1. The van der Waals surface area contributed by atoms with E-state index in [1.807, 2.05) is 111 Å². The summed E-state index contributed by atoms with van der Waals surface area (Å²) in [6.45, 7) is 16.1. The molecule has 12 rings (SSSR count). The second kappa shape index (κ2) is 33.5. The van der Waals surface area contributed by atoms with E-state index in [4.69, 9.17) is 11.6 Å². The molecule has 5 aromatic carbocycles. The molecule has 5 fully saturated rings. The lowest BCUT2D eigenvalue weighted by Gasteiger charge is -2.38. The first-order valence-electron chi connectivity index (χ1n) is 37.0. The minimum atomic E-state index is -6.17. The van der Waals surface area contributed by atoms with Gasteiger partial charge >= 0.3 is 5.51 Å². The molecule has 5 amide bonds. The molecule has 28 heteroatoms. The predicted octanol–water partition coefficient (Wildman–Crippen LogP) is 12.4. The van der Waals surface area contributed by atoms with Crippen LogP contribution in [0.15, 0.2) is 147 Å². The second-order valence-corrected chi connectivity index (χ2v) is 36.9. The number of amides is 5. The van der Waals surface area contributed by atoms with Gasteiger partial charge in [-0.1, -0.05) is 99.0 Å². The molecule has 7 atom stereocenters. The maximum Gasteiger partial charge on any atom is 0.501 e. The topological polar surface area (TPSA) is 251 Å². The number of benzene rings is 5. The lowest BCUT2D eigenvalue weighted by Crippen LogP contribution is -2.57. The largest absolute Gasteiger partial charge is 0.501 e. The Bertz CT molecular complexity index is 4440. The highest BCUT2D eigenvalue weighted by atomic mass is 35.5. The van der Waals surface area contributed by atoms with Crippen LogP contribution in [0.4, 0.5) is 24.5 Å². The Balaban J connectivity index is 0.602. The monoisotopic (exact) mass is 1560 g/mol. The number of sulfonamides is 1. The highest BCUT2D eigenvalue weighted by Gasteiger charge is 2.50. The molecule has 4 aliphatic heterocycles. The van der Waals surface area contributed by atoms with Crippen LogP contribution in [-0.4, -0.2) is 184 Å².